The zero-order chi connectivity index (χ0) is 26.5. The van der Waals surface area contributed by atoms with Gasteiger partial charge < -0.3 is 34.4 Å². The largest absolute Gasteiger partial charge is 0.465 e. The van der Waals surface area contributed by atoms with Crippen molar-refractivity contribution in [2.45, 2.75) is 70.7 Å². The molecule has 0 spiro atoms. The van der Waals surface area contributed by atoms with Crippen LogP contribution in [0.4, 0.5) is 4.79 Å². The summed E-state index contributed by atoms with van der Waals surface area (Å²) in [6.07, 6.45) is -1.80. The zero-order valence-electron chi connectivity index (χ0n) is 21.2. The molecule has 3 rings (SSSR count). The van der Waals surface area contributed by atoms with Crippen molar-refractivity contribution < 1.29 is 39.1 Å². The van der Waals surface area contributed by atoms with Crippen molar-refractivity contribution >= 4 is 18.2 Å². The topological polar surface area (TPSA) is 150 Å². The van der Waals surface area contributed by atoms with Crippen molar-refractivity contribution in [3.63, 3.8) is 0 Å². The summed E-state index contributed by atoms with van der Waals surface area (Å²) in [5, 5.41) is 33.5. The first-order valence-electron chi connectivity index (χ1n) is 12.2. The highest BCUT2D eigenvalue weighted by Crippen LogP contribution is 2.28. The Hall–Kier alpha value is -2.73. The van der Waals surface area contributed by atoms with Gasteiger partial charge >= 0.3 is 6.09 Å². The van der Waals surface area contributed by atoms with Crippen LogP contribution in [0.15, 0.2) is 29.4 Å². The number of aliphatic hydroxyl groups is 3. The second-order valence-corrected chi connectivity index (χ2v) is 10.2. The number of benzene rings is 1. The SMILES string of the molecule is C[C@H]1[C@H](Oc2ccc(/C=N/NC(=O)C3CCN(C(=O)OC(C)(C)C)CC3)cc2)O[C@H](CO)[C@@H](O)[C@@H]1O. The molecule has 1 aromatic carbocycles. The van der Waals surface area contributed by atoms with Crippen LogP contribution < -0.4 is 10.2 Å². The lowest BCUT2D eigenvalue weighted by atomic mass is 9.92. The Morgan fingerprint density at radius 1 is 1.17 bits per heavy atom. The van der Waals surface area contributed by atoms with Gasteiger partial charge in [-0.3, -0.25) is 4.79 Å². The summed E-state index contributed by atoms with van der Waals surface area (Å²) in [5.41, 5.74) is 2.73. The number of likely N-dealkylation sites (tertiary alicyclic amines) is 1. The molecule has 36 heavy (non-hydrogen) atoms. The van der Waals surface area contributed by atoms with Crippen molar-refractivity contribution in [2.24, 2.45) is 16.9 Å². The quantitative estimate of drug-likeness (QED) is 0.332. The Morgan fingerprint density at radius 3 is 2.39 bits per heavy atom. The number of carbonyl (C=O) groups is 2. The number of aliphatic hydroxyl groups excluding tert-OH is 3. The lowest BCUT2D eigenvalue weighted by Crippen LogP contribution is -2.56. The van der Waals surface area contributed by atoms with Crippen molar-refractivity contribution in [1.29, 1.82) is 0 Å². The summed E-state index contributed by atoms with van der Waals surface area (Å²) >= 11 is 0. The van der Waals surface area contributed by atoms with Crippen molar-refractivity contribution in [3.05, 3.63) is 29.8 Å². The normalized spacial score (nSPS) is 27.6. The Bertz CT molecular complexity index is 907. The van der Waals surface area contributed by atoms with Crippen LogP contribution in [0.25, 0.3) is 0 Å². The van der Waals surface area contributed by atoms with E-state index in [1.54, 1.807) is 36.1 Å². The molecule has 11 nitrogen and oxygen atoms in total. The van der Waals surface area contributed by atoms with Crippen molar-refractivity contribution in [1.82, 2.24) is 10.3 Å². The molecule has 5 atom stereocenters. The number of hydrogen-bond acceptors (Lipinski definition) is 9. The molecule has 11 heteroatoms. The van der Waals surface area contributed by atoms with E-state index in [4.69, 9.17) is 14.2 Å². The summed E-state index contributed by atoms with van der Waals surface area (Å²) in [6, 6.07) is 6.87. The summed E-state index contributed by atoms with van der Waals surface area (Å²) in [5.74, 6) is -0.455. The molecule has 2 amide bonds. The van der Waals surface area contributed by atoms with E-state index in [1.165, 1.54) is 6.21 Å². The van der Waals surface area contributed by atoms with Gasteiger partial charge in [0.05, 0.1) is 18.9 Å². The molecular formula is C25H37N3O8. The number of hydrogen-bond donors (Lipinski definition) is 4. The van der Waals surface area contributed by atoms with Crippen LogP contribution in [0.1, 0.15) is 46.1 Å². The van der Waals surface area contributed by atoms with E-state index in [1.807, 2.05) is 20.8 Å². The average molecular weight is 508 g/mol. The summed E-state index contributed by atoms with van der Waals surface area (Å²) in [7, 11) is 0. The second-order valence-electron chi connectivity index (χ2n) is 10.2. The molecule has 4 N–H and O–H groups in total. The molecular weight excluding hydrogens is 470 g/mol. The van der Waals surface area contributed by atoms with Crippen LogP contribution in [-0.4, -0.2) is 88.3 Å². The highest BCUT2D eigenvalue weighted by atomic mass is 16.7. The molecule has 2 aliphatic heterocycles. The zero-order valence-corrected chi connectivity index (χ0v) is 21.2. The Balaban J connectivity index is 1.45. The number of nitrogens with zero attached hydrogens (tertiary/aromatic N) is 2. The van der Waals surface area contributed by atoms with E-state index < -0.39 is 42.7 Å². The number of carbonyl (C=O) groups excluding carboxylic acids is 2. The smallest absolute Gasteiger partial charge is 0.410 e. The first-order chi connectivity index (χ1) is 17.0. The van der Waals surface area contributed by atoms with E-state index in [0.29, 0.717) is 31.7 Å². The Morgan fingerprint density at radius 2 is 1.81 bits per heavy atom. The average Bonchev–Trinajstić information content (AvgIpc) is 2.84. The summed E-state index contributed by atoms with van der Waals surface area (Å²) in [4.78, 5) is 26.2. The van der Waals surface area contributed by atoms with Crippen molar-refractivity contribution in [2.75, 3.05) is 19.7 Å². The summed E-state index contributed by atoms with van der Waals surface area (Å²) in [6.45, 7) is 7.62. The maximum atomic E-state index is 12.5. The number of rotatable bonds is 6. The van der Waals surface area contributed by atoms with Gasteiger partial charge in [-0.05, 0) is 63.4 Å². The highest BCUT2D eigenvalue weighted by Gasteiger charge is 2.43. The van der Waals surface area contributed by atoms with Gasteiger partial charge in [0.15, 0.2) is 0 Å². The molecule has 0 aromatic heterocycles. The first-order valence-corrected chi connectivity index (χ1v) is 12.2. The maximum absolute atomic E-state index is 12.5. The van der Waals surface area contributed by atoms with Gasteiger partial charge in [0.2, 0.25) is 12.2 Å². The fraction of sp³-hybridized carbons (Fsp3) is 0.640. The predicted octanol–water partition coefficient (Wildman–Crippen LogP) is 1.24. The monoisotopic (exact) mass is 507 g/mol. The standard InChI is InChI=1S/C25H37N3O8/c1-15-20(30)21(31)19(14-29)35-23(15)34-18-7-5-16(6-8-18)13-26-27-22(32)17-9-11-28(12-10-17)24(33)36-25(2,3)4/h5-8,13,15,17,19-21,23,29-31H,9-12,14H2,1-4H3,(H,27,32)/b26-13+/t15-,19-,20-,21-,23-/m1/s1. The molecule has 0 bridgehead atoms. The minimum atomic E-state index is -1.18. The van der Waals surface area contributed by atoms with Crippen LogP contribution in [0.2, 0.25) is 0 Å². The summed E-state index contributed by atoms with van der Waals surface area (Å²) < 4.78 is 16.7. The van der Waals surface area contributed by atoms with Gasteiger partial charge in [0, 0.05) is 24.9 Å². The third-order valence-corrected chi connectivity index (χ3v) is 6.23. The van der Waals surface area contributed by atoms with E-state index in [0.717, 1.165) is 5.56 Å². The molecule has 2 saturated heterocycles. The minimum absolute atomic E-state index is 0.197. The second kappa shape index (κ2) is 12.0. The van der Waals surface area contributed by atoms with Gasteiger partial charge in [0.25, 0.3) is 0 Å². The molecule has 0 radical (unpaired) electrons. The van der Waals surface area contributed by atoms with E-state index in [-0.39, 0.29) is 17.9 Å². The third-order valence-electron chi connectivity index (χ3n) is 6.23. The van der Waals surface area contributed by atoms with E-state index in [9.17, 15) is 24.9 Å². The van der Waals surface area contributed by atoms with Gasteiger partial charge in [-0.1, -0.05) is 6.92 Å². The predicted molar refractivity (Wildman–Crippen MR) is 130 cm³/mol. The van der Waals surface area contributed by atoms with Crippen LogP contribution in [-0.2, 0) is 14.3 Å². The van der Waals surface area contributed by atoms with Crippen LogP contribution >= 0.6 is 0 Å². The lowest BCUT2D eigenvalue weighted by molar-refractivity contribution is -0.256. The molecule has 2 fully saturated rings. The number of amides is 2. The molecule has 200 valence electrons. The fourth-order valence-corrected chi connectivity index (χ4v) is 4.03. The number of piperidine rings is 1. The third kappa shape index (κ3) is 7.39. The van der Waals surface area contributed by atoms with Crippen LogP contribution in [0, 0.1) is 11.8 Å². The van der Waals surface area contributed by atoms with E-state index >= 15 is 0 Å². The molecule has 0 unspecified atom stereocenters. The van der Waals surface area contributed by atoms with Crippen LogP contribution in [0.3, 0.4) is 0 Å². The van der Waals surface area contributed by atoms with Gasteiger partial charge in [-0.15, -0.1) is 0 Å². The lowest BCUT2D eigenvalue weighted by Gasteiger charge is -2.40. The Labute approximate surface area is 211 Å². The van der Waals surface area contributed by atoms with Gasteiger partial charge in [-0.2, -0.15) is 5.10 Å². The maximum Gasteiger partial charge on any atom is 0.410 e. The minimum Gasteiger partial charge on any atom is -0.465 e. The molecule has 0 aliphatic carbocycles. The highest BCUT2D eigenvalue weighted by molar-refractivity contribution is 5.83. The first kappa shape index (κ1) is 27.9. The number of hydrazone groups is 1. The van der Waals surface area contributed by atoms with E-state index in [2.05, 4.69) is 10.5 Å². The number of ether oxygens (including phenoxy) is 3. The van der Waals surface area contributed by atoms with Crippen LogP contribution in [0.5, 0.6) is 5.75 Å². The number of nitrogens with one attached hydrogen (secondary N) is 1. The molecule has 1 aromatic rings. The molecule has 2 aliphatic rings. The van der Waals surface area contributed by atoms with Gasteiger partial charge in [-0.25, -0.2) is 10.2 Å². The fourth-order valence-electron chi connectivity index (χ4n) is 4.03. The van der Waals surface area contributed by atoms with Gasteiger partial charge in [0.1, 0.15) is 23.6 Å². The molecule has 0 saturated carbocycles. The Kier molecular flexibility index (Phi) is 9.29. The van der Waals surface area contributed by atoms with Crippen molar-refractivity contribution in [3.8, 4) is 5.75 Å². The molecule has 2 heterocycles.